The van der Waals surface area contributed by atoms with Crippen molar-refractivity contribution in [3.63, 3.8) is 0 Å². The molecule has 1 aromatic carbocycles. The van der Waals surface area contributed by atoms with E-state index >= 15 is 0 Å². The van der Waals surface area contributed by atoms with Gasteiger partial charge in [-0.15, -0.1) is 0 Å². The number of aliphatic hydroxyl groups excluding tert-OH is 1. The first-order valence-corrected chi connectivity index (χ1v) is 9.81. The van der Waals surface area contributed by atoms with Crippen LogP contribution in [-0.4, -0.2) is 38.2 Å². The van der Waals surface area contributed by atoms with Gasteiger partial charge in [-0.05, 0) is 68.4 Å². The Labute approximate surface area is 132 Å². The smallest absolute Gasteiger partial charge is 0.241 e. The molecule has 0 amide bonds. The van der Waals surface area contributed by atoms with Gasteiger partial charge in [0, 0.05) is 6.04 Å². The molecular weight excluding hydrogens is 306 g/mol. The SMILES string of the molecule is CSCCC(CO)NS(=O)(=O)c1c(C)c(C)cc(C)c1C. The normalized spacial score (nSPS) is 13.4. The molecule has 0 aliphatic rings. The average molecular weight is 332 g/mol. The number of hydrogen-bond donors (Lipinski definition) is 2. The highest BCUT2D eigenvalue weighted by atomic mass is 32.2. The van der Waals surface area contributed by atoms with Gasteiger partial charge >= 0.3 is 0 Å². The van der Waals surface area contributed by atoms with Crippen molar-refractivity contribution in [3.8, 4) is 0 Å². The van der Waals surface area contributed by atoms with Crippen LogP contribution in [-0.2, 0) is 10.0 Å². The molecule has 1 atom stereocenters. The summed E-state index contributed by atoms with van der Waals surface area (Å²) in [6.07, 6.45) is 2.57. The van der Waals surface area contributed by atoms with Gasteiger partial charge in [-0.1, -0.05) is 6.07 Å². The zero-order valence-corrected chi connectivity index (χ0v) is 15.0. The Morgan fingerprint density at radius 1 is 1.19 bits per heavy atom. The van der Waals surface area contributed by atoms with Crippen molar-refractivity contribution in [2.24, 2.45) is 0 Å². The van der Waals surface area contributed by atoms with Crippen LogP contribution in [0.1, 0.15) is 28.7 Å². The van der Waals surface area contributed by atoms with Gasteiger partial charge in [0.1, 0.15) is 0 Å². The quantitative estimate of drug-likeness (QED) is 0.805. The van der Waals surface area contributed by atoms with Crippen molar-refractivity contribution in [1.29, 1.82) is 0 Å². The predicted molar refractivity (Wildman–Crippen MR) is 89.6 cm³/mol. The number of aliphatic hydroxyl groups is 1. The Morgan fingerprint density at radius 3 is 2.14 bits per heavy atom. The van der Waals surface area contributed by atoms with Crippen LogP contribution in [0.5, 0.6) is 0 Å². The third-order valence-corrected chi connectivity index (χ3v) is 6.22. The highest BCUT2D eigenvalue weighted by Gasteiger charge is 2.24. The maximum Gasteiger partial charge on any atom is 0.241 e. The van der Waals surface area contributed by atoms with Gasteiger partial charge < -0.3 is 5.11 Å². The van der Waals surface area contributed by atoms with E-state index in [1.807, 2.05) is 40.0 Å². The van der Waals surface area contributed by atoms with E-state index in [1.165, 1.54) is 0 Å². The summed E-state index contributed by atoms with van der Waals surface area (Å²) in [5.41, 5.74) is 3.46. The molecule has 0 bridgehead atoms. The standard InChI is InChI=1S/C15H25NO3S2/c1-10-8-11(2)13(4)15(12(10)3)21(18,19)16-14(9-17)6-7-20-5/h8,14,16-17H,6-7,9H2,1-5H3. The molecule has 0 aliphatic carbocycles. The number of thioether (sulfide) groups is 1. The summed E-state index contributed by atoms with van der Waals surface area (Å²) in [6, 6.07) is 1.56. The molecule has 0 fully saturated rings. The first-order valence-electron chi connectivity index (χ1n) is 6.94. The second-order valence-electron chi connectivity index (χ2n) is 5.37. The zero-order valence-electron chi connectivity index (χ0n) is 13.4. The summed E-state index contributed by atoms with van der Waals surface area (Å²) in [5.74, 6) is 0.804. The molecule has 0 heterocycles. The summed E-state index contributed by atoms with van der Waals surface area (Å²) in [7, 11) is -3.63. The van der Waals surface area contributed by atoms with Crippen molar-refractivity contribution in [2.45, 2.75) is 45.1 Å². The molecule has 0 saturated heterocycles. The number of aryl methyl sites for hydroxylation is 2. The third-order valence-electron chi connectivity index (χ3n) is 3.78. The Balaban J connectivity index is 3.19. The summed E-state index contributed by atoms with van der Waals surface area (Å²) in [5, 5.41) is 9.37. The molecular formula is C15H25NO3S2. The van der Waals surface area contributed by atoms with Gasteiger partial charge in [-0.2, -0.15) is 11.8 Å². The molecule has 4 nitrogen and oxygen atoms in total. The number of nitrogens with one attached hydrogen (secondary N) is 1. The molecule has 1 unspecified atom stereocenters. The number of hydrogen-bond acceptors (Lipinski definition) is 4. The monoisotopic (exact) mass is 331 g/mol. The zero-order chi connectivity index (χ0) is 16.2. The average Bonchev–Trinajstić information content (AvgIpc) is 2.41. The van der Waals surface area contributed by atoms with E-state index in [1.54, 1.807) is 11.8 Å². The Kier molecular flexibility index (Phi) is 6.71. The fourth-order valence-corrected chi connectivity index (χ4v) is 4.71. The van der Waals surface area contributed by atoms with Crippen LogP contribution in [0.15, 0.2) is 11.0 Å². The lowest BCUT2D eigenvalue weighted by atomic mass is 10.0. The number of sulfonamides is 1. The maximum absolute atomic E-state index is 12.7. The van der Waals surface area contributed by atoms with Crippen molar-refractivity contribution >= 4 is 21.8 Å². The van der Waals surface area contributed by atoms with E-state index in [9.17, 15) is 13.5 Å². The van der Waals surface area contributed by atoms with Gasteiger partial charge in [0.15, 0.2) is 0 Å². The van der Waals surface area contributed by atoms with Crippen molar-refractivity contribution in [3.05, 3.63) is 28.3 Å². The second-order valence-corrected chi connectivity index (χ2v) is 8.01. The molecule has 2 N–H and O–H groups in total. The lowest BCUT2D eigenvalue weighted by Gasteiger charge is -2.20. The topological polar surface area (TPSA) is 66.4 Å². The summed E-state index contributed by atoms with van der Waals surface area (Å²) >= 11 is 1.63. The summed E-state index contributed by atoms with van der Waals surface area (Å²) < 4.78 is 28.0. The first kappa shape index (κ1) is 18.5. The van der Waals surface area contributed by atoms with Crippen LogP contribution in [0.2, 0.25) is 0 Å². The number of rotatable bonds is 7. The predicted octanol–water partition coefficient (Wildman–Crippen LogP) is 2.31. The Morgan fingerprint density at radius 2 is 1.71 bits per heavy atom. The molecule has 0 aliphatic heterocycles. The molecule has 21 heavy (non-hydrogen) atoms. The van der Waals surface area contributed by atoms with Gasteiger partial charge in [-0.25, -0.2) is 13.1 Å². The Hall–Kier alpha value is -0.560. The van der Waals surface area contributed by atoms with Crippen LogP contribution in [0, 0.1) is 27.7 Å². The molecule has 1 rings (SSSR count). The van der Waals surface area contributed by atoms with Gasteiger partial charge in [-0.3, -0.25) is 0 Å². The lowest BCUT2D eigenvalue weighted by molar-refractivity contribution is 0.254. The van der Waals surface area contributed by atoms with Crippen LogP contribution in [0.4, 0.5) is 0 Å². The van der Waals surface area contributed by atoms with E-state index in [-0.39, 0.29) is 6.61 Å². The van der Waals surface area contributed by atoms with E-state index in [2.05, 4.69) is 4.72 Å². The van der Waals surface area contributed by atoms with Gasteiger partial charge in [0.25, 0.3) is 0 Å². The highest BCUT2D eigenvalue weighted by molar-refractivity contribution is 7.98. The number of benzene rings is 1. The van der Waals surface area contributed by atoms with Gasteiger partial charge in [0.05, 0.1) is 11.5 Å². The molecule has 1 aromatic rings. The van der Waals surface area contributed by atoms with Crippen LogP contribution >= 0.6 is 11.8 Å². The lowest BCUT2D eigenvalue weighted by Crippen LogP contribution is -2.38. The van der Waals surface area contributed by atoms with E-state index in [0.717, 1.165) is 28.0 Å². The molecule has 120 valence electrons. The Bertz CT molecular complexity index is 571. The first-order chi connectivity index (χ1) is 9.74. The molecule has 0 radical (unpaired) electrons. The van der Waals surface area contributed by atoms with Crippen LogP contribution < -0.4 is 4.72 Å². The summed E-state index contributed by atoms with van der Waals surface area (Å²) in [6.45, 7) is 7.29. The van der Waals surface area contributed by atoms with E-state index < -0.39 is 16.1 Å². The fourth-order valence-electron chi connectivity index (χ4n) is 2.31. The molecule has 0 aromatic heterocycles. The largest absolute Gasteiger partial charge is 0.395 e. The molecule has 0 saturated carbocycles. The maximum atomic E-state index is 12.7. The van der Waals surface area contributed by atoms with Gasteiger partial charge in [0.2, 0.25) is 10.0 Å². The van der Waals surface area contributed by atoms with Crippen LogP contribution in [0.3, 0.4) is 0 Å². The minimum Gasteiger partial charge on any atom is -0.395 e. The minimum atomic E-state index is -3.63. The highest BCUT2D eigenvalue weighted by Crippen LogP contribution is 2.26. The third kappa shape index (κ3) is 4.45. The second kappa shape index (κ2) is 7.63. The fraction of sp³-hybridized carbons (Fsp3) is 0.600. The van der Waals surface area contributed by atoms with Crippen molar-refractivity contribution in [1.82, 2.24) is 4.72 Å². The van der Waals surface area contributed by atoms with E-state index in [0.29, 0.717) is 11.3 Å². The van der Waals surface area contributed by atoms with Crippen LogP contribution in [0.25, 0.3) is 0 Å². The molecule has 6 heteroatoms. The summed E-state index contributed by atoms with van der Waals surface area (Å²) in [4.78, 5) is 0.350. The molecule has 0 spiro atoms. The van der Waals surface area contributed by atoms with Crippen molar-refractivity contribution in [2.75, 3.05) is 18.6 Å². The van der Waals surface area contributed by atoms with E-state index in [4.69, 9.17) is 0 Å². The van der Waals surface area contributed by atoms with Crippen molar-refractivity contribution < 1.29 is 13.5 Å². The minimum absolute atomic E-state index is 0.192.